The van der Waals surface area contributed by atoms with Crippen molar-refractivity contribution in [3.63, 3.8) is 0 Å². The number of benzene rings is 2. The molecule has 0 aliphatic carbocycles. The number of methoxy groups -OCH3 is 2. The molecule has 2 amide bonds. The molecule has 2 aromatic carbocycles. The van der Waals surface area contributed by atoms with Crippen LogP contribution >= 0.6 is 23.1 Å². The van der Waals surface area contributed by atoms with E-state index in [1.165, 1.54) is 37.3 Å². The zero-order valence-electron chi connectivity index (χ0n) is 17.5. The molecule has 0 saturated carbocycles. The minimum atomic E-state index is -0.346. The van der Waals surface area contributed by atoms with E-state index < -0.39 is 0 Å². The molecule has 3 rings (SSSR count). The largest absolute Gasteiger partial charge is 0.493 e. The highest BCUT2D eigenvalue weighted by molar-refractivity contribution is 8.01. The monoisotopic (exact) mass is 458 g/mol. The number of carbonyl (C=O) groups is 2. The van der Waals surface area contributed by atoms with Gasteiger partial charge in [-0.25, -0.2) is 0 Å². The van der Waals surface area contributed by atoms with E-state index in [1.807, 2.05) is 32.0 Å². The van der Waals surface area contributed by atoms with Gasteiger partial charge in [-0.15, -0.1) is 10.2 Å². The van der Waals surface area contributed by atoms with E-state index in [1.54, 1.807) is 18.2 Å². The van der Waals surface area contributed by atoms with Crippen molar-refractivity contribution in [3.05, 3.63) is 53.1 Å². The molecule has 0 spiro atoms. The third kappa shape index (κ3) is 5.96. The van der Waals surface area contributed by atoms with Gasteiger partial charge in [-0.3, -0.25) is 14.9 Å². The smallest absolute Gasteiger partial charge is 0.257 e. The Kier molecular flexibility index (Phi) is 7.48. The first-order valence-corrected chi connectivity index (χ1v) is 11.1. The quantitative estimate of drug-likeness (QED) is 0.386. The van der Waals surface area contributed by atoms with E-state index in [0.717, 1.165) is 16.8 Å². The Bertz CT molecular complexity index is 1100. The van der Waals surface area contributed by atoms with Crippen molar-refractivity contribution in [2.24, 2.45) is 0 Å². The minimum absolute atomic E-state index is 0.136. The lowest BCUT2D eigenvalue weighted by Crippen LogP contribution is -2.14. The molecular weight excluding hydrogens is 436 g/mol. The summed E-state index contributed by atoms with van der Waals surface area (Å²) in [4.78, 5) is 24.7. The fraction of sp³-hybridized carbons (Fsp3) is 0.238. The summed E-state index contributed by atoms with van der Waals surface area (Å²) in [5, 5.41) is 13.9. The summed E-state index contributed by atoms with van der Waals surface area (Å²) in [5.74, 6) is 0.696. The number of ether oxygens (including phenoxy) is 2. The minimum Gasteiger partial charge on any atom is -0.493 e. The number of nitrogens with one attached hydrogen (secondary N) is 2. The van der Waals surface area contributed by atoms with Crippen LogP contribution in [0.3, 0.4) is 0 Å². The zero-order chi connectivity index (χ0) is 22.4. The molecule has 3 aromatic rings. The van der Waals surface area contributed by atoms with Crippen LogP contribution in [0.1, 0.15) is 21.5 Å². The van der Waals surface area contributed by atoms with Gasteiger partial charge >= 0.3 is 0 Å². The van der Waals surface area contributed by atoms with Crippen molar-refractivity contribution in [1.29, 1.82) is 0 Å². The average Bonchev–Trinajstić information content (AvgIpc) is 3.21. The van der Waals surface area contributed by atoms with Gasteiger partial charge in [-0.2, -0.15) is 0 Å². The zero-order valence-corrected chi connectivity index (χ0v) is 19.1. The van der Waals surface area contributed by atoms with E-state index in [2.05, 4.69) is 20.8 Å². The molecule has 162 valence electrons. The number of hydrogen-bond donors (Lipinski definition) is 2. The number of hydrogen-bond acceptors (Lipinski definition) is 8. The summed E-state index contributed by atoms with van der Waals surface area (Å²) >= 11 is 2.46. The third-order valence-corrected chi connectivity index (χ3v) is 6.23. The van der Waals surface area contributed by atoms with Crippen LogP contribution < -0.4 is 20.1 Å². The Balaban J connectivity index is 1.55. The second-order valence-corrected chi connectivity index (χ2v) is 8.75. The molecule has 31 heavy (non-hydrogen) atoms. The normalized spacial score (nSPS) is 10.5. The molecule has 0 radical (unpaired) electrons. The standard InChI is InChI=1S/C21H22N4O4S2/c1-12-5-7-15(13(2)9-12)22-18(26)11-30-21-25-24-20(31-21)23-19(27)14-6-8-16(28-3)17(10-14)29-4/h5-10H,11H2,1-4H3,(H,22,26)(H,23,24,27). The van der Waals surface area contributed by atoms with Crippen LogP contribution in [-0.4, -0.2) is 42.0 Å². The molecule has 0 aliphatic heterocycles. The molecule has 0 fully saturated rings. The molecule has 0 saturated heterocycles. The summed E-state index contributed by atoms with van der Waals surface area (Å²) in [7, 11) is 3.03. The number of aryl methyl sites for hydroxylation is 2. The van der Waals surface area contributed by atoms with Gasteiger partial charge in [0.2, 0.25) is 11.0 Å². The molecular formula is C21H22N4O4S2. The number of anilines is 2. The third-order valence-electron chi connectivity index (χ3n) is 4.26. The Morgan fingerprint density at radius 3 is 2.48 bits per heavy atom. The van der Waals surface area contributed by atoms with Crippen LogP contribution in [0.15, 0.2) is 40.7 Å². The number of amides is 2. The Morgan fingerprint density at radius 2 is 1.77 bits per heavy atom. The van der Waals surface area contributed by atoms with Crippen LogP contribution in [0, 0.1) is 13.8 Å². The highest BCUT2D eigenvalue weighted by Gasteiger charge is 2.14. The first kappa shape index (κ1) is 22.6. The summed E-state index contributed by atoms with van der Waals surface area (Å²) in [6.07, 6.45) is 0. The number of thioether (sulfide) groups is 1. The maximum atomic E-state index is 12.5. The molecule has 8 nitrogen and oxygen atoms in total. The number of carbonyl (C=O) groups excluding carboxylic acids is 2. The maximum Gasteiger partial charge on any atom is 0.257 e. The topological polar surface area (TPSA) is 102 Å². The summed E-state index contributed by atoms with van der Waals surface area (Å²) in [6, 6.07) is 10.7. The van der Waals surface area contributed by atoms with Gasteiger partial charge in [0, 0.05) is 11.3 Å². The molecule has 2 N–H and O–H groups in total. The van der Waals surface area contributed by atoms with Gasteiger partial charge in [0.15, 0.2) is 15.8 Å². The van der Waals surface area contributed by atoms with Gasteiger partial charge in [0.1, 0.15) is 0 Å². The van der Waals surface area contributed by atoms with Crippen LogP contribution in [0.4, 0.5) is 10.8 Å². The lowest BCUT2D eigenvalue weighted by Gasteiger charge is -2.09. The van der Waals surface area contributed by atoms with Crippen LogP contribution in [0.25, 0.3) is 0 Å². The fourth-order valence-electron chi connectivity index (χ4n) is 2.73. The average molecular weight is 459 g/mol. The fourth-order valence-corrected chi connectivity index (χ4v) is 4.28. The summed E-state index contributed by atoms with van der Waals surface area (Å²) in [6.45, 7) is 3.96. The van der Waals surface area contributed by atoms with E-state index in [-0.39, 0.29) is 17.6 Å². The summed E-state index contributed by atoms with van der Waals surface area (Å²) in [5.41, 5.74) is 3.34. The van der Waals surface area contributed by atoms with Crippen molar-refractivity contribution < 1.29 is 19.1 Å². The molecule has 0 bridgehead atoms. The maximum absolute atomic E-state index is 12.5. The molecule has 0 atom stereocenters. The SMILES string of the molecule is COc1ccc(C(=O)Nc2nnc(SCC(=O)Nc3ccc(C)cc3C)s2)cc1OC. The first-order valence-electron chi connectivity index (χ1n) is 9.26. The van der Waals surface area contributed by atoms with Gasteiger partial charge in [0.05, 0.1) is 20.0 Å². The van der Waals surface area contributed by atoms with Gasteiger partial charge < -0.3 is 14.8 Å². The molecule has 10 heteroatoms. The lowest BCUT2D eigenvalue weighted by atomic mass is 10.1. The highest BCUT2D eigenvalue weighted by Crippen LogP contribution is 2.29. The first-order chi connectivity index (χ1) is 14.9. The van der Waals surface area contributed by atoms with Crippen molar-refractivity contribution >= 4 is 45.7 Å². The lowest BCUT2D eigenvalue weighted by molar-refractivity contribution is -0.113. The number of rotatable bonds is 8. The Morgan fingerprint density at radius 1 is 1.00 bits per heavy atom. The van der Waals surface area contributed by atoms with Crippen molar-refractivity contribution in [2.45, 2.75) is 18.2 Å². The number of nitrogens with zero attached hydrogens (tertiary/aromatic N) is 2. The van der Waals surface area contributed by atoms with Crippen LogP contribution in [-0.2, 0) is 4.79 Å². The molecule has 1 heterocycles. The molecule has 0 unspecified atom stereocenters. The Hall–Kier alpha value is -3.11. The van der Waals surface area contributed by atoms with Gasteiger partial charge in [-0.1, -0.05) is 40.8 Å². The van der Waals surface area contributed by atoms with Gasteiger partial charge in [0.25, 0.3) is 5.91 Å². The number of aromatic nitrogens is 2. The molecule has 1 aromatic heterocycles. The summed E-state index contributed by atoms with van der Waals surface area (Å²) < 4.78 is 11.0. The van der Waals surface area contributed by atoms with E-state index in [0.29, 0.717) is 26.5 Å². The van der Waals surface area contributed by atoms with Crippen molar-refractivity contribution in [3.8, 4) is 11.5 Å². The Labute approximate surface area is 188 Å². The van der Waals surface area contributed by atoms with E-state index in [4.69, 9.17) is 9.47 Å². The van der Waals surface area contributed by atoms with Crippen LogP contribution in [0.5, 0.6) is 11.5 Å². The van der Waals surface area contributed by atoms with E-state index >= 15 is 0 Å². The predicted octanol–water partition coefficient (Wildman–Crippen LogP) is 4.16. The second-order valence-electron chi connectivity index (χ2n) is 6.55. The van der Waals surface area contributed by atoms with Crippen molar-refractivity contribution in [1.82, 2.24) is 10.2 Å². The van der Waals surface area contributed by atoms with Crippen LogP contribution in [0.2, 0.25) is 0 Å². The highest BCUT2D eigenvalue weighted by atomic mass is 32.2. The second kappa shape index (κ2) is 10.3. The predicted molar refractivity (Wildman–Crippen MR) is 123 cm³/mol. The molecule has 0 aliphatic rings. The van der Waals surface area contributed by atoms with E-state index in [9.17, 15) is 9.59 Å². The van der Waals surface area contributed by atoms with Gasteiger partial charge in [-0.05, 0) is 43.7 Å². The van der Waals surface area contributed by atoms with Crippen molar-refractivity contribution in [2.75, 3.05) is 30.6 Å².